The van der Waals surface area contributed by atoms with Gasteiger partial charge in [0.2, 0.25) is 5.82 Å². The molecule has 2 rings (SSSR count). The molecule has 2 aromatic rings. The molecule has 0 fully saturated rings. The summed E-state index contributed by atoms with van der Waals surface area (Å²) in [4.78, 5) is 0. The normalized spacial score (nSPS) is 10.1. The van der Waals surface area contributed by atoms with Crippen molar-refractivity contribution in [3.8, 4) is 11.5 Å². The molecule has 0 aliphatic heterocycles. The lowest BCUT2D eigenvalue weighted by Gasteiger charge is -2.02. The molecule has 3 nitrogen and oxygen atoms in total. The number of ether oxygens (including phenoxy) is 1. The largest absolute Gasteiger partial charge is 0.448 e. The average molecular weight is 196 g/mol. The van der Waals surface area contributed by atoms with Crippen molar-refractivity contribution in [1.82, 2.24) is 5.16 Å². The van der Waals surface area contributed by atoms with Gasteiger partial charge in [0.25, 0.3) is 6.26 Å². The summed E-state index contributed by atoms with van der Waals surface area (Å²) in [6.07, 6.45) is 3.43. The highest BCUT2D eigenvalue weighted by Gasteiger charge is 2.10. The van der Waals surface area contributed by atoms with Crippen LogP contribution in [0, 0.1) is 17.9 Å². The summed E-state index contributed by atoms with van der Waals surface area (Å²) >= 11 is 0. The number of benzene rings is 1. The van der Waals surface area contributed by atoms with Crippen molar-refractivity contribution in [3.05, 3.63) is 42.3 Å². The van der Waals surface area contributed by atoms with Gasteiger partial charge in [0.05, 0.1) is 0 Å². The van der Waals surface area contributed by atoms with Gasteiger partial charge in [0, 0.05) is 0 Å². The first-order valence-corrected chi connectivity index (χ1v) is 3.71. The predicted octanol–water partition coefficient (Wildman–Crippen LogP) is 2.55. The van der Waals surface area contributed by atoms with E-state index in [1.54, 1.807) is 0 Å². The lowest BCUT2D eigenvalue weighted by atomic mass is 10.3. The van der Waals surface area contributed by atoms with Gasteiger partial charge in [-0.1, -0.05) is 11.2 Å². The van der Waals surface area contributed by atoms with Crippen LogP contribution in [0.4, 0.5) is 8.78 Å². The van der Waals surface area contributed by atoms with E-state index < -0.39 is 11.6 Å². The van der Waals surface area contributed by atoms with E-state index in [0.717, 1.165) is 6.07 Å². The molecule has 0 saturated carbocycles. The number of halogens is 2. The van der Waals surface area contributed by atoms with Gasteiger partial charge in [0.15, 0.2) is 17.3 Å². The highest BCUT2D eigenvalue weighted by atomic mass is 19.2. The number of hydrogen-bond donors (Lipinski definition) is 0. The minimum absolute atomic E-state index is 0.0921. The van der Waals surface area contributed by atoms with Crippen LogP contribution in [0.1, 0.15) is 0 Å². The van der Waals surface area contributed by atoms with Gasteiger partial charge in [-0.3, -0.25) is 0 Å². The summed E-state index contributed by atoms with van der Waals surface area (Å²) in [7, 11) is 0. The molecule has 14 heavy (non-hydrogen) atoms. The maximum atomic E-state index is 13.0. The Morgan fingerprint density at radius 2 is 2.21 bits per heavy atom. The molecule has 1 heterocycles. The van der Waals surface area contributed by atoms with E-state index in [9.17, 15) is 8.78 Å². The Hall–Kier alpha value is -1.91. The lowest BCUT2D eigenvalue weighted by molar-refractivity contribution is 0.391. The summed E-state index contributed by atoms with van der Waals surface area (Å²) in [6, 6.07) is 3.63. The number of nitrogens with zero attached hydrogens (tertiary/aromatic N) is 1. The van der Waals surface area contributed by atoms with Gasteiger partial charge in [-0.05, 0) is 12.1 Å². The third kappa shape index (κ3) is 1.56. The monoisotopic (exact) mass is 196 g/mol. The molecule has 1 aromatic carbocycles. The summed E-state index contributed by atoms with van der Waals surface area (Å²) in [5.41, 5.74) is 0. The van der Waals surface area contributed by atoms with Crippen molar-refractivity contribution in [3.63, 3.8) is 0 Å². The Labute approximate surface area is 77.9 Å². The highest BCUT2D eigenvalue weighted by molar-refractivity contribution is 5.29. The molecule has 1 radical (unpaired) electrons. The van der Waals surface area contributed by atoms with Gasteiger partial charge in [-0.2, -0.15) is 4.39 Å². The van der Waals surface area contributed by atoms with Gasteiger partial charge in [-0.15, -0.1) is 0 Å². The Morgan fingerprint density at radius 3 is 2.93 bits per heavy atom. The summed E-state index contributed by atoms with van der Waals surface area (Å²) in [5, 5.41) is 3.30. The van der Waals surface area contributed by atoms with Crippen LogP contribution in [0.25, 0.3) is 0 Å². The van der Waals surface area contributed by atoms with Crippen molar-refractivity contribution in [2.75, 3.05) is 0 Å². The molecule has 0 bridgehead atoms. The van der Waals surface area contributed by atoms with Crippen LogP contribution in [0.15, 0.2) is 28.9 Å². The first-order chi connectivity index (χ1) is 6.77. The molecule has 5 heteroatoms. The highest BCUT2D eigenvalue weighted by Crippen LogP contribution is 2.24. The standard InChI is InChI=1S/C9H4F2NO2/c10-7-2-1-3-8(9(7)11)14-6-4-12-13-5-6/h1-4H. The Morgan fingerprint density at radius 1 is 1.36 bits per heavy atom. The summed E-state index contributed by atoms with van der Waals surface area (Å²) < 4.78 is 35.0. The SMILES string of the molecule is Fc1cccc(Oc2[c]onc2)c1F. The van der Waals surface area contributed by atoms with Gasteiger partial charge in [0.1, 0.15) is 6.20 Å². The predicted molar refractivity (Wildman–Crippen MR) is 41.8 cm³/mol. The summed E-state index contributed by atoms with van der Waals surface area (Å²) in [6.45, 7) is 0. The second-order valence-corrected chi connectivity index (χ2v) is 2.45. The molecule has 0 amide bonds. The van der Waals surface area contributed by atoms with Gasteiger partial charge >= 0.3 is 0 Å². The average Bonchev–Trinajstić information content (AvgIpc) is 2.66. The van der Waals surface area contributed by atoms with Crippen molar-refractivity contribution >= 4 is 0 Å². The molecular weight excluding hydrogens is 192 g/mol. The minimum atomic E-state index is -1.05. The van der Waals surface area contributed by atoms with Crippen LogP contribution in [-0.2, 0) is 0 Å². The van der Waals surface area contributed by atoms with Gasteiger partial charge in [-0.25, -0.2) is 4.39 Å². The molecule has 0 saturated heterocycles. The van der Waals surface area contributed by atoms with Crippen molar-refractivity contribution in [1.29, 1.82) is 0 Å². The third-order valence-corrected chi connectivity index (χ3v) is 1.50. The van der Waals surface area contributed by atoms with Crippen LogP contribution >= 0.6 is 0 Å². The van der Waals surface area contributed by atoms with E-state index in [0.29, 0.717) is 0 Å². The molecule has 0 spiro atoms. The Balaban J connectivity index is 2.29. The van der Waals surface area contributed by atoms with Crippen LogP contribution in [0.3, 0.4) is 0 Å². The van der Waals surface area contributed by atoms with E-state index in [1.807, 2.05) is 0 Å². The van der Waals surface area contributed by atoms with E-state index in [1.165, 1.54) is 18.3 Å². The Kier molecular flexibility index (Phi) is 2.14. The van der Waals surface area contributed by atoms with Crippen LogP contribution in [0.5, 0.6) is 11.5 Å². The third-order valence-electron chi connectivity index (χ3n) is 1.50. The van der Waals surface area contributed by atoms with E-state index in [-0.39, 0.29) is 11.5 Å². The molecule has 1 aromatic heterocycles. The zero-order valence-corrected chi connectivity index (χ0v) is 6.83. The fourth-order valence-corrected chi connectivity index (χ4v) is 0.900. The van der Waals surface area contributed by atoms with Crippen molar-refractivity contribution in [2.45, 2.75) is 0 Å². The van der Waals surface area contributed by atoms with Crippen molar-refractivity contribution in [2.24, 2.45) is 0 Å². The molecule has 0 aliphatic carbocycles. The van der Waals surface area contributed by atoms with Crippen molar-refractivity contribution < 1.29 is 18.0 Å². The maximum Gasteiger partial charge on any atom is 0.251 e. The second-order valence-electron chi connectivity index (χ2n) is 2.45. The fourth-order valence-electron chi connectivity index (χ4n) is 0.900. The lowest BCUT2D eigenvalue weighted by Crippen LogP contribution is -1.90. The smallest absolute Gasteiger partial charge is 0.251 e. The first kappa shape index (κ1) is 8.68. The van der Waals surface area contributed by atoms with E-state index >= 15 is 0 Å². The van der Waals surface area contributed by atoms with Crippen LogP contribution in [-0.4, -0.2) is 5.16 Å². The quantitative estimate of drug-likeness (QED) is 0.740. The molecule has 0 unspecified atom stereocenters. The zero-order valence-electron chi connectivity index (χ0n) is 6.83. The summed E-state index contributed by atoms with van der Waals surface area (Å²) in [5.74, 6) is -2.17. The second kappa shape index (κ2) is 3.45. The van der Waals surface area contributed by atoms with E-state index in [4.69, 9.17) is 4.74 Å². The molecule has 0 N–H and O–H groups in total. The first-order valence-electron chi connectivity index (χ1n) is 3.71. The number of aromatic nitrogens is 1. The minimum Gasteiger partial charge on any atom is -0.448 e. The molecule has 71 valence electrons. The van der Waals surface area contributed by atoms with Crippen LogP contribution in [0.2, 0.25) is 0 Å². The topological polar surface area (TPSA) is 35.3 Å². The molecule has 0 aliphatic rings. The molecule has 0 atom stereocenters. The van der Waals surface area contributed by atoms with Crippen LogP contribution < -0.4 is 4.74 Å². The maximum absolute atomic E-state index is 13.0. The molecular formula is C9H4F2NO2. The fraction of sp³-hybridized carbons (Fsp3) is 0. The van der Waals surface area contributed by atoms with E-state index in [2.05, 4.69) is 15.9 Å². The van der Waals surface area contributed by atoms with Gasteiger partial charge < -0.3 is 9.26 Å². The Bertz CT molecular complexity index is 428. The zero-order chi connectivity index (χ0) is 9.97. The number of rotatable bonds is 2. The number of hydrogen-bond acceptors (Lipinski definition) is 3.